The van der Waals surface area contributed by atoms with Crippen molar-refractivity contribution in [3.05, 3.63) is 18.1 Å². The Morgan fingerprint density at radius 3 is 2.79 bits per heavy atom. The lowest BCUT2D eigenvalue weighted by atomic mass is 9.75. The van der Waals surface area contributed by atoms with E-state index in [1.807, 2.05) is 0 Å². The molecule has 5 heteroatoms. The van der Waals surface area contributed by atoms with Crippen molar-refractivity contribution < 1.29 is 9.90 Å². The number of anilines is 1. The third-order valence-electron chi connectivity index (χ3n) is 4.46. The van der Waals surface area contributed by atoms with Crippen LogP contribution in [0.3, 0.4) is 0 Å². The number of carbonyl (C=O) groups is 1. The van der Waals surface area contributed by atoms with Crippen molar-refractivity contribution in [3.63, 3.8) is 0 Å². The molecule has 1 saturated carbocycles. The zero-order valence-electron chi connectivity index (χ0n) is 11.0. The second-order valence-electron chi connectivity index (χ2n) is 5.61. The lowest BCUT2D eigenvalue weighted by Crippen LogP contribution is -2.42. The number of fused-ring (bicyclic) bond motifs is 1. The van der Waals surface area contributed by atoms with E-state index < -0.39 is 5.97 Å². The molecule has 2 fully saturated rings. The molecule has 102 valence electrons. The summed E-state index contributed by atoms with van der Waals surface area (Å²) < 4.78 is 0. The summed E-state index contributed by atoms with van der Waals surface area (Å²) in [6, 6.07) is 0. The van der Waals surface area contributed by atoms with Crippen LogP contribution in [-0.2, 0) is 0 Å². The Morgan fingerprint density at radius 1 is 1.21 bits per heavy atom. The van der Waals surface area contributed by atoms with Crippen LogP contribution in [0.2, 0.25) is 0 Å². The Morgan fingerprint density at radius 2 is 2.00 bits per heavy atom. The van der Waals surface area contributed by atoms with Gasteiger partial charge >= 0.3 is 5.97 Å². The van der Waals surface area contributed by atoms with Crippen LogP contribution in [-0.4, -0.2) is 34.1 Å². The van der Waals surface area contributed by atoms with E-state index in [0.717, 1.165) is 24.9 Å². The van der Waals surface area contributed by atoms with Crippen LogP contribution in [0.4, 0.5) is 5.82 Å². The van der Waals surface area contributed by atoms with E-state index in [0.29, 0.717) is 5.82 Å². The zero-order valence-corrected chi connectivity index (χ0v) is 11.0. The summed E-state index contributed by atoms with van der Waals surface area (Å²) in [5.41, 5.74) is 0.0308. The molecular formula is C14H19N3O2. The third kappa shape index (κ3) is 2.55. The average Bonchev–Trinajstić information content (AvgIpc) is 2.47. The van der Waals surface area contributed by atoms with Gasteiger partial charge in [0, 0.05) is 13.1 Å². The Labute approximate surface area is 112 Å². The fraction of sp³-hybridized carbons (Fsp3) is 0.643. The molecule has 19 heavy (non-hydrogen) atoms. The van der Waals surface area contributed by atoms with Crippen LogP contribution in [0.15, 0.2) is 12.4 Å². The maximum atomic E-state index is 10.9. The highest BCUT2D eigenvalue weighted by molar-refractivity contribution is 5.85. The fourth-order valence-electron chi connectivity index (χ4n) is 3.42. The highest BCUT2D eigenvalue weighted by Gasteiger charge is 2.31. The minimum absolute atomic E-state index is 0.0308. The highest BCUT2D eigenvalue weighted by atomic mass is 16.4. The van der Waals surface area contributed by atoms with Crippen LogP contribution in [0.5, 0.6) is 0 Å². The molecule has 2 aliphatic rings. The Bertz CT molecular complexity index is 478. The molecule has 1 N–H and O–H groups in total. The van der Waals surface area contributed by atoms with E-state index in [1.165, 1.54) is 38.3 Å². The number of hydrogen-bond donors (Lipinski definition) is 1. The molecule has 0 aromatic carbocycles. The molecule has 2 atom stereocenters. The molecule has 1 aromatic heterocycles. The molecule has 1 aliphatic carbocycles. The van der Waals surface area contributed by atoms with Crippen LogP contribution in [0.1, 0.15) is 42.6 Å². The monoisotopic (exact) mass is 261 g/mol. The standard InChI is InChI=1S/C14H19N3O2/c18-14(19)12-7-15-8-13(16-12)17-6-5-10-3-1-2-4-11(10)9-17/h7-8,10-11H,1-6,9H2,(H,18,19). The molecule has 2 unspecified atom stereocenters. The van der Waals surface area contributed by atoms with Crippen molar-refractivity contribution in [2.45, 2.75) is 32.1 Å². The summed E-state index contributed by atoms with van der Waals surface area (Å²) in [5, 5.41) is 8.97. The van der Waals surface area contributed by atoms with E-state index in [9.17, 15) is 4.79 Å². The number of hydrogen-bond acceptors (Lipinski definition) is 4. The Balaban J connectivity index is 1.75. The number of aromatic carboxylic acids is 1. The van der Waals surface area contributed by atoms with Crippen LogP contribution >= 0.6 is 0 Å². The number of carboxylic acid groups (broad SMARTS) is 1. The van der Waals surface area contributed by atoms with Gasteiger partial charge in [0.2, 0.25) is 0 Å². The van der Waals surface area contributed by atoms with Gasteiger partial charge in [-0.3, -0.25) is 4.98 Å². The van der Waals surface area contributed by atoms with Gasteiger partial charge in [0.05, 0.1) is 12.4 Å². The second kappa shape index (κ2) is 5.15. The van der Waals surface area contributed by atoms with Gasteiger partial charge in [-0.25, -0.2) is 9.78 Å². The normalized spacial score (nSPS) is 26.8. The van der Waals surface area contributed by atoms with E-state index in [2.05, 4.69) is 14.9 Å². The molecule has 1 aliphatic heterocycles. The van der Waals surface area contributed by atoms with Gasteiger partial charge in [0.15, 0.2) is 5.69 Å². The van der Waals surface area contributed by atoms with Gasteiger partial charge in [-0.2, -0.15) is 0 Å². The van der Waals surface area contributed by atoms with Crippen LogP contribution in [0, 0.1) is 11.8 Å². The molecule has 0 radical (unpaired) electrons. The van der Waals surface area contributed by atoms with Crippen molar-refractivity contribution in [3.8, 4) is 0 Å². The summed E-state index contributed by atoms with van der Waals surface area (Å²) in [6.07, 6.45) is 9.54. The molecule has 1 saturated heterocycles. The first-order valence-corrected chi connectivity index (χ1v) is 7.04. The smallest absolute Gasteiger partial charge is 0.356 e. The van der Waals surface area contributed by atoms with E-state index >= 15 is 0 Å². The first kappa shape index (κ1) is 12.4. The van der Waals surface area contributed by atoms with Crippen molar-refractivity contribution >= 4 is 11.8 Å². The Kier molecular flexibility index (Phi) is 3.36. The van der Waals surface area contributed by atoms with Crippen LogP contribution < -0.4 is 4.90 Å². The SMILES string of the molecule is O=C(O)c1cncc(N2CCC3CCCCC3C2)n1. The van der Waals surface area contributed by atoms with Gasteiger partial charge < -0.3 is 10.0 Å². The van der Waals surface area contributed by atoms with E-state index in [4.69, 9.17) is 5.11 Å². The second-order valence-corrected chi connectivity index (χ2v) is 5.61. The summed E-state index contributed by atoms with van der Waals surface area (Å²) in [5.74, 6) is 1.31. The largest absolute Gasteiger partial charge is 0.476 e. The number of aromatic nitrogens is 2. The van der Waals surface area contributed by atoms with Gasteiger partial charge in [-0.05, 0) is 24.7 Å². The maximum Gasteiger partial charge on any atom is 0.356 e. The van der Waals surface area contributed by atoms with Crippen molar-refractivity contribution in [1.82, 2.24) is 9.97 Å². The van der Waals surface area contributed by atoms with E-state index in [1.54, 1.807) is 6.20 Å². The van der Waals surface area contributed by atoms with Crippen LogP contribution in [0.25, 0.3) is 0 Å². The summed E-state index contributed by atoms with van der Waals surface area (Å²) >= 11 is 0. The molecule has 0 spiro atoms. The maximum absolute atomic E-state index is 10.9. The van der Waals surface area contributed by atoms with Gasteiger partial charge in [0.25, 0.3) is 0 Å². The molecule has 5 nitrogen and oxygen atoms in total. The third-order valence-corrected chi connectivity index (χ3v) is 4.46. The van der Waals surface area contributed by atoms with Gasteiger partial charge in [-0.1, -0.05) is 19.3 Å². The molecule has 1 aromatic rings. The van der Waals surface area contributed by atoms with Crippen molar-refractivity contribution in [2.75, 3.05) is 18.0 Å². The number of piperidine rings is 1. The predicted octanol–water partition coefficient (Wildman–Crippen LogP) is 2.19. The van der Waals surface area contributed by atoms with E-state index in [-0.39, 0.29) is 5.69 Å². The lowest BCUT2D eigenvalue weighted by molar-refractivity contribution is 0.0690. The topological polar surface area (TPSA) is 66.3 Å². The van der Waals surface area contributed by atoms with Crippen molar-refractivity contribution in [2.24, 2.45) is 11.8 Å². The summed E-state index contributed by atoms with van der Waals surface area (Å²) in [6.45, 7) is 1.97. The quantitative estimate of drug-likeness (QED) is 0.884. The van der Waals surface area contributed by atoms with Gasteiger partial charge in [-0.15, -0.1) is 0 Å². The number of carboxylic acids is 1. The minimum Gasteiger partial charge on any atom is -0.476 e. The minimum atomic E-state index is -1.01. The molecule has 2 heterocycles. The predicted molar refractivity (Wildman–Crippen MR) is 71.3 cm³/mol. The van der Waals surface area contributed by atoms with Crippen molar-refractivity contribution in [1.29, 1.82) is 0 Å². The number of rotatable bonds is 2. The fourth-order valence-corrected chi connectivity index (χ4v) is 3.42. The lowest BCUT2D eigenvalue weighted by Gasteiger charge is -2.41. The average molecular weight is 261 g/mol. The molecular weight excluding hydrogens is 242 g/mol. The highest BCUT2D eigenvalue weighted by Crippen LogP contribution is 2.36. The number of nitrogens with zero attached hydrogens (tertiary/aromatic N) is 3. The summed E-state index contributed by atoms with van der Waals surface area (Å²) in [7, 11) is 0. The molecule has 0 amide bonds. The molecule has 3 rings (SSSR count). The summed E-state index contributed by atoms with van der Waals surface area (Å²) in [4.78, 5) is 21.3. The first-order chi connectivity index (χ1) is 9.24. The first-order valence-electron chi connectivity index (χ1n) is 7.04. The molecule has 0 bridgehead atoms. The Hall–Kier alpha value is -1.65. The van der Waals surface area contributed by atoms with Gasteiger partial charge in [0.1, 0.15) is 5.82 Å². The zero-order chi connectivity index (χ0) is 13.2.